The van der Waals surface area contributed by atoms with Gasteiger partial charge < -0.3 is 21.0 Å². The molecule has 0 saturated carbocycles. The molecule has 0 atom stereocenters. The van der Waals surface area contributed by atoms with Crippen LogP contribution in [0.1, 0.15) is 37.5 Å². The van der Waals surface area contributed by atoms with Crippen LogP contribution in [-0.2, 0) is 32.3 Å². The number of rotatable bonds is 9. The number of esters is 1. The first kappa shape index (κ1) is 25.3. The number of hydrogen-bond acceptors (Lipinski definition) is 7. The summed E-state index contributed by atoms with van der Waals surface area (Å²) in [5.41, 5.74) is 1.21. The molecule has 0 aliphatic heterocycles. The number of nitrogens with zero attached hydrogens (tertiary/aromatic N) is 2. The van der Waals surface area contributed by atoms with Crippen LogP contribution in [0, 0.1) is 0 Å². The molecule has 33 heavy (non-hydrogen) atoms. The van der Waals surface area contributed by atoms with Gasteiger partial charge in [0.25, 0.3) is 0 Å². The Balaban J connectivity index is 2.13. The predicted octanol–water partition coefficient (Wildman–Crippen LogP) is 2.42. The molecule has 2 amide bonds. The third-order valence-electron chi connectivity index (χ3n) is 4.12. The van der Waals surface area contributed by atoms with Gasteiger partial charge in [-0.05, 0) is 31.9 Å². The van der Waals surface area contributed by atoms with Crippen LogP contribution < -0.4 is 11.2 Å². The first-order chi connectivity index (χ1) is 15.6. The molecule has 0 spiro atoms. The van der Waals surface area contributed by atoms with Crippen LogP contribution >= 0.6 is 0 Å². The number of benzene rings is 2. The van der Waals surface area contributed by atoms with Crippen LogP contribution in [0.5, 0.6) is 0 Å². The highest BCUT2D eigenvalue weighted by Crippen LogP contribution is 2.14. The molecule has 0 fully saturated rings. The van der Waals surface area contributed by atoms with Crippen molar-refractivity contribution in [2.75, 3.05) is 6.54 Å². The van der Waals surface area contributed by atoms with Crippen molar-refractivity contribution < 1.29 is 29.1 Å². The van der Waals surface area contributed by atoms with Crippen LogP contribution in [0.3, 0.4) is 0 Å². The topological polar surface area (TPSA) is 144 Å². The number of carboxylic acid groups (broad SMARTS) is 1. The Bertz CT molecular complexity index is 984. The van der Waals surface area contributed by atoms with E-state index >= 15 is 0 Å². The Hall–Kier alpha value is -3.92. The van der Waals surface area contributed by atoms with E-state index in [1.807, 2.05) is 30.3 Å². The van der Waals surface area contributed by atoms with E-state index in [4.69, 9.17) is 20.5 Å². The van der Waals surface area contributed by atoms with Crippen LogP contribution in [0.4, 0.5) is 4.79 Å². The predicted molar refractivity (Wildman–Crippen MR) is 121 cm³/mol. The Morgan fingerprint density at radius 2 is 1.67 bits per heavy atom. The minimum Gasteiger partial charge on any atom is -0.480 e. The highest BCUT2D eigenvalue weighted by Gasteiger charge is 2.23. The molecule has 0 heterocycles. The molecule has 10 nitrogen and oxygen atoms in total. The van der Waals surface area contributed by atoms with Crippen molar-refractivity contribution in [2.24, 2.45) is 10.9 Å². The molecule has 2 aromatic rings. The van der Waals surface area contributed by atoms with E-state index < -0.39 is 30.1 Å². The maximum atomic E-state index is 12.4. The lowest BCUT2D eigenvalue weighted by Gasteiger charge is -2.22. The lowest BCUT2D eigenvalue weighted by molar-refractivity contribution is -0.146. The number of hydroxylamine groups is 2. The highest BCUT2D eigenvalue weighted by molar-refractivity contribution is 6.43. The third kappa shape index (κ3) is 8.62. The van der Waals surface area contributed by atoms with E-state index in [1.54, 1.807) is 45.0 Å². The fraction of sp³-hybridized carbons (Fsp3) is 0.304. The van der Waals surface area contributed by atoms with Gasteiger partial charge in [-0.1, -0.05) is 54.6 Å². The van der Waals surface area contributed by atoms with E-state index in [-0.39, 0.29) is 18.9 Å². The first-order valence-electron chi connectivity index (χ1n) is 10.1. The number of hydrogen-bond donors (Lipinski definition) is 3. The van der Waals surface area contributed by atoms with Crippen LogP contribution in [0.2, 0.25) is 0 Å². The van der Waals surface area contributed by atoms with Crippen molar-refractivity contribution in [3.8, 4) is 0 Å². The maximum absolute atomic E-state index is 12.4. The van der Waals surface area contributed by atoms with Gasteiger partial charge in [-0.15, -0.1) is 0 Å². The first-order valence-corrected chi connectivity index (χ1v) is 10.1. The van der Waals surface area contributed by atoms with Gasteiger partial charge in [0, 0.05) is 5.56 Å². The number of aliphatic carboxylic acids is 1. The van der Waals surface area contributed by atoms with E-state index in [0.717, 1.165) is 10.6 Å². The molecule has 0 radical (unpaired) electrons. The van der Waals surface area contributed by atoms with Gasteiger partial charge in [0.05, 0.1) is 6.54 Å². The molecular weight excluding hydrogens is 428 g/mol. The number of ether oxygens (including phenoxy) is 1. The summed E-state index contributed by atoms with van der Waals surface area (Å²) in [6.07, 6.45) is 0. The average Bonchev–Trinajstić information content (AvgIpc) is 2.76. The van der Waals surface area contributed by atoms with Crippen molar-refractivity contribution in [3.05, 3.63) is 71.3 Å². The molecule has 2 aromatic carbocycles. The molecule has 10 heteroatoms. The zero-order valence-electron chi connectivity index (χ0n) is 18.8. The Labute approximate surface area is 191 Å². The Kier molecular flexibility index (Phi) is 8.93. The van der Waals surface area contributed by atoms with Crippen LogP contribution in [0.15, 0.2) is 59.7 Å². The molecule has 0 saturated heterocycles. The molecular formula is C23H28N4O6. The Morgan fingerprint density at radius 3 is 2.21 bits per heavy atom. The van der Waals surface area contributed by atoms with Gasteiger partial charge in [0.15, 0.2) is 5.71 Å². The van der Waals surface area contributed by atoms with Gasteiger partial charge >= 0.3 is 18.0 Å². The van der Waals surface area contributed by atoms with Crippen molar-refractivity contribution >= 4 is 23.7 Å². The lowest BCUT2D eigenvalue weighted by atomic mass is 10.1. The summed E-state index contributed by atoms with van der Waals surface area (Å²) in [6, 6.07) is 15.1. The minimum absolute atomic E-state index is 0.0279. The maximum Gasteiger partial charge on any atom is 0.359 e. The molecule has 0 unspecified atom stereocenters. The van der Waals surface area contributed by atoms with Gasteiger partial charge in [-0.3, -0.25) is 9.63 Å². The number of nitrogens with two attached hydrogens (primary N) is 1. The average molecular weight is 456 g/mol. The number of carboxylic acids is 1. The summed E-state index contributed by atoms with van der Waals surface area (Å²) in [5.74, 6) is 3.57. The fourth-order valence-corrected chi connectivity index (χ4v) is 2.65. The molecule has 0 bridgehead atoms. The standard InChI is InChI=1S/C23H28N4O6/c1-23(2,3)33-21(30)20(26-24)18-11-9-16(10-12-18)14-27(22(31)25-13-19(28)29)32-15-17-7-5-4-6-8-17/h4-12H,13-15,24H2,1-3H3,(H,25,31)(H,28,29). The molecule has 0 aromatic heterocycles. The second-order valence-corrected chi connectivity index (χ2v) is 8.02. The number of urea groups is 1. The molecule has 0 aliphatic carbocycles. The highest BCUT2D eigenvalue weighted by atomic mass is 16.7. The fourth-order valence-electron chi connectivity index (χ4n) is 2.65. The SMILES string of the molecule is CC(C)(C)OC(=O)C(=NN)c1ccc(CN(OCc2ccccc2)C(=O)NCC(=O)O)cc1. The summed E-state index contributed by atoms with van der Waals surface area (Å²) in [7, 11) is 0. The lowest BCUT2D eigenvalue weighted by Crippen LogP contribution is -2.41. The van der Waals surface area contributed by atoms with Gasteiger partial charge in [-0.25, -0.2) is 9.59 Å². The smallest absolute Gasteiger partial charge is 0.359 e. The second kappa shape index (κ2) is 11.6. The number of carbonyl (C=O) groups excluding carboxylic acids is 2. The van der Waals surface area contributed by atoms with Crippen LogP contribution in [-0.4, -0.2) is 46.0 Å². The van der Waals surface area contributed by atoms with E-state index in [9.17, 15) is 14.4 Å². The summed E-state index contributed by atoms with van der Waals surface area (Å²) in [4.78, 5) is 41.2. The summed E-state index contributed by atoms with van der Waals surface area (Å²) in [6.45, 7) is 4.81. The third-order valence-corrected chi connectivity index (χ3v) is 4.12. The second-order valence-electron chi connectivity index (χ2n) is 8.02. The van der Waals surface area contributed by atoms with E-state index in [1.165, 1.54) is 0 Å². The van der Waals surface area contributed by atoms with E-state index in [0.29, 0.717) is 11.1 Å². The molecule has 4 N–H and O–H groups in total. The van der Waals surface area contributed by atoms with Crippen molar-refractivity contribution in [1.29, 1.82) is 0 Å². The zero-order chi connectivity index (χ0) is 24.4. The minimum atomic E-state index is -1.17. The van der Waals surface area contributed by atoms with E-state index in [2.05, 4.69) is 10.4 Å². The summed E-state index contributed by atoms with van der Waals surface area (Å²) in [5, 5.41) is 15.7. The summed E-state index contributed by atoms with van der Waals surface area (Å²) >= 11 is 0. The molecule has 2 rings (SSSR count). The number of nitrogens with one attached hydrogen (secondary N) is 1. The van der Waals surface area contributed by atoms with Crippen molar-refractivity contribution in [3.63, 3.8) is 0 Å². The monoisotopic (exact) mass is 456 g/mol. The van der Waals surface area contributed by atoms with Crippen molar-refractivity contribution in [1.82, 2.24) is 10.4 Å². The van der Waals surface area contributed by atoms with Crippen LogP contribution in [0.25, 0.3) is 0 Å². The molecule has 176 valence electrons. The number of amides is 2. The largest absolute Gasteiger partial charge is 0.480 e. The number of hydrazone groups is 1. The summed E-state index contributed by atoms with van der Waals surface area (Å²) < 4.78 is 5.31. The van der Waals surface area contributed by atoms with Gasteiger partial charge in [0.1, 0.15) is 18.8 Å². The van der Waals surface area contributed by atoms with Crippen molar-refractivity contribution in [2.45, 2.75) is 39.5 Å². The zero-order valence-corrected chi connectivity index (χ0v) is 18.8. The van der Waals surface area contributed by atoms with Gasteiger partial charge in [-0.2, -0.15) is 10.2 Å². The Morgan fingerprint density at radius 1 is 1.03 bits per heavy atom. The normalized spacial score (nSPS) is 11.5. The molecule has 0 aliphatic rings. The quantitative estimate of drug-likeness (QED) is 0.227. The number of carbonyl (C=O) groups is 3. The van der Waals surface area contributed by atoms with Gasteiger partial charge in [0.2, 0.25) is 0 Å².